The van der Waals surface area contributed by atoms with Gasteiger partial charge >= 0.3 is 0 Å². The zero-order valence-corrected chi connectivity index (χ0v) is 26.7. The predicted molar refractivity (Wildman–Crippen MR) is 180 cm³/mol. The third-order valence-corrected chi connectivity index (χ3v) is 11.7. The fourth-order valence-corrected chi connectivity index (χ4v) is 9.97. The van der Waals surface area contributed by atoms with Crippen LogP contribution in [0.3, 0.4) is 0 Å². The molecule has 4 aliphatic heterocycles. The highest BCUT2D eigenvalue weighted by atomic mass is 32.2. The van der Waals surface area contributed by atoms with Gasteiger partial charge in [-0.25, -0.2) is 0 Å². The average Bonchev–Trinajstić information content (AvgIpc) is 3.35. The van der Waals surface area contributed by atoms with Crippen LogP contribution in [0.1, 0.15) is 12.5 Å². The number of amides is 3. The van der Waals surface area contributed by atoms with E-state index in [0.29, 0.717) is 30.9 Å². The van der Waals surface area contributed by atoms with E-state index in [1.54, 1.807) is 33.6 Å². The number of thioether (sulfide) groups is 1. The lowest BCUT2D eigenvalue weighted by molar-refractivity contribution is -0.142. The summed E-state index contributed by atoms with van der Waals surface area (Å²) in [5.74, 6) is -1.50. The van der Waals surface area contributed by atoms with E-state index in [1.165, 1.54) is 0 Å². The Kier molecular flexibility index (Phi) is 7.77. The molecule has 9 heteroatoms. The van der Waals surface area contributed by atoms with Crippen LogP contribution in [0.25, 0.3) is 0 Å². The maximum atomic E-state index is 15.0. The van der Waals surface area contributed by atoms with Gasteiger partial charge in [0.2, 0.25) is 11.8 Å². The summed E-state index contributed by atoms with van der Waals surface area (Å²) >= 11 is 1.54. The Morgan fingerprint density at radius 2 is 1.41 bits per heavy atom. The topological polar surface area (TPSA) is 90.4 Å². The van der Waals surface area contributed by atoms with E-state index in [9.17, 15) is 14.7 Å². The van der Waals surface area contributed by atoms with Gasteiger partial charge in [-0.3, -0.25) is 14.4 Å². The molecule has 3 aromatic rings. The van der Waals surface area contributed by atoms with Crippen LogP contribution in [0.15, 0.2) is 109 Å². The third-order valence-electron chi connectivity index (χ3n) is 9.87. The van der Waals surface area contributed by atoms with Gasteiger partial charge in [-0.1, -0.05) is 72.8 Å². The summed E-state index contributed by atoms with van der Waals surface area (Å²) < 4.78 is 3.58. The zero-order chi connectivity index (χ0) is 32.1. The number of hydrogen-bond acceptors (Lipinski definition) is 6. The van der Waals surface area contributed by atoms with E-state index in [0.717, 1.165) is 11.3 Å². The van der Waals surface area contributed by atoms with Crippen molar-refractivity contribution in [2.75, 3.05) is 36.6 Å². The van der Waals surface area contributed by atoms with Crippen molar-refractivity contribution < 1.29 is 24.2 Å². The first-order chi connectivity index (χ1) is 22.3. The minimum absolute atomic E-state index is 0.136. The fourth-order valence-electron chi connectivity index (χ4n) is 7.83. The predicted octanol–water partition coefficient (Wildman–Crippen LogP) is 4.49. The van der Waals surface area contributed by atoms with Gasteiger partial charge in [0.15, 0.2) is 0 Å². The molecule has 46 heavy (non-hydrogen) atoms. The second-order valence-corrected chi connectivity index (χ2v) is 14.3. The molecule has 0 saturated carbocycles. The summed E-state index contributed by atoms with van der Waals surface area (Å²) in [6.07, 6.45) is 8.41. The van der Waals surface area contributed by atoms with Crippen LogP contribution in [-0.4, -0.2) is 76.1 Å². The molecule has 0 aliphatic carbocycles. The maximum absolute atomic E-state index is 15.0. The number of carbonyl (C=O) groups excluding carboxylic acids is 3. The highest BCUT2D eigenvalue weighted by molar-refractivity contribution is 8.02. The number of benzene rings is 3. The quantitative estimate of drug-likeness (QED) is 0.385. The largest absolute Gasteiger partial charge is 0.497 e. The van der Waals surface area contributed by atoms with Gasteiger partial charge in [-0.05, 0) is 55.3 Å². The Balaban J connectivity index is 1.36. The van der Waals surface area contributed by atoms with Crippen LogP contribution in [0.4, 0.5) is 11.4 Å². The number of methoxy groups -OCH3 is 1. The second kappa shape index (κ2) is 11.8. The number of rotatable bonds is 7. The second-order valence-electron chi connectivity index (χ2n) is 12.5. The van der Waals surface area contributed by atoms with Crippen LogP contribution in [-0.2, 0) is 20.8 Å². The molecular formula is C37H37N3O5S. The number of hydrogen-bond donors (Lipinski definition) is 1. The molecule has 2 fully saturated rings. The zero-order valence-electron chi connectivity index (χ0n) is 25.9. The lowest BCUT2D eigenvalue weighted by Crippen LogP contribution is -2.57. The van der Waals surface area contributed by atoms with Gasteiger partial charge in [0, 0.05) is 29.2 Å². The number of likely N-dealkylation sites (tertiary alicyclic amines) is 1. The number of aliphatic hydroxyl groups excluding tert-OH is 1. The fraction of sp³-hybridized carbons (Fsp3) is 0.324. The monoisotopic (exact) mass is 635 g/mol. The Hall–Kier alpha value is -4.34. The van der Waals surface area contributed by atoms with Crippen molar-refractivity contribution in [2.45, 2.75) is 34.9 Å². The summed E-state index contributed by atoms with van der Waals surface area (Å²) in [7, 11) is 1.59. The van der Waals surface area contributed by atoms with Crippen molar-refractivity contribution in [3.8, 4) is 5.75 Å². The van der Waals surface area contributed by atoms with E-state index in [2.05, 4.69) is 6.08 Å². The van der Waals surface area contributed by atoms with Crippen LogP contribution >= 0.6 is 11.8 Å². The molecule has 7 rings (SSSR count). The molecule has 0 radical (unpaired) electrons. The van der Waals surface area contributed by atoms with E-state index in [-0.39, 0.29) is 24.3 Å². The summed E-state index contributed by atoms with van der Waals surface area (Å²) in [5.41, 5.74) is 2.40. The molecule has 4 aliphatic rings. The minimum Gasteiger partial charge on any atom is -0.497 e. The van der Waals surface area contributed by atoms with E-state index >= 15 is 4.79 Å². The van der Waals surface area contributed by atoms with Crippen molar-refractivity contribution in [1.82, 2.24) is 4.90 Å². The average molecular weight is 636 g/mol. The number of anilines is 2. The van der Waals surface area contributed by atoms with E-state index < -0.39 is 33.4 Å². The van der Waals surface area contributed by atoms with E-state index in [4.69, 9.17) is 4.74 Å². The van der Waals surface area contributed by atoms with Crippen molar-refractivity contribution in [3.63, 3.8) is 0 Å². The smallest absolute Gasteiger partial charge is 0.251 e. The molecule has 4 heterocycles. The first-order valence-electron chi connectivity index (χ1n) is 15.7. The summed E-state index contributed by atoms with van der Waals surface area (Å²) in [4.78, 5) is 49.7. The normalized spacial score (nSPS) is 29.2. The van der Waals surface area contributed by atoms with Crippen LogP contribution in [0.5, 0.6) is 5.75 Å². The minimum atomic E-state index is -1.03. The number of nitrogens with zero attached hydrogens (tertiary/aromatic N) is 3. The molecule has 0 bridgehead atoms. The van der Waals surface area contributed by atoms with Gasteiger partial charge in [0.05, 0.1) is 36.3 Å². The standard InChI is InChI=1S/C37H37N3O5S/c1-36-19-9-21-38(26-13-7-4-8-14-26)33(42)30(36)31-34(43)40(28(24-41)23-25-11-5-3-6-12-25)32-35(44)39(22-10-20-37(31,32)46-36)27-15-17-29(45-2)18-16-27/h3-20,28,30-32,41H,21-24H2,1-2H3/t28-,30+,31+,32?,36-,37+/m1/s1. The van der Waals surface area contributed by atoms with Crippen LogP contribution in [0.2, 0.25) is 0 Å². The summed E-state index contributed by atoms with van der Waals surface area (Å²) in [6.45, 7) is 2.40. The molecule has 0 aromatic heterocycles. The first-order valence-corrected chi connectivity index (χ1v) is 16.5. The van der Waals surface area contributed by atoms with Gasteiger partial charge < -0.3 is 24.5 Å². The molecule has 3 aromatic carbocycles. The number of aliphatic hydroxyl groups is 1. The third kappa shape index (κ3) is 4.75. The molecule has 8 nitrogen and oxygen atoms in total. The molecule has 1 N–H and O–H groups in total. The van der Waals surface area contributed by atoms with Crippen molar-refractivity contribution in [2.24, 2.45) is 11.8 Å². The van der Waals surface area contributed by atoms with Crippen LogP contribution < -0.4 is 14.5 Å². The summed E-state index contributed by atoms with van der Waals surface area (Å²) in [6, 6.07) is 24.9. The number of ether oxygens (including phenoxy) is 1. The first kappa shape index (κ1) is 30.3. The molecule has 236 valence electrons. The molecule has 1 spiro atoms. The lowest BCUT2D eigenvalue weighted by Gasteiger charge is -2.39. The highest BCUT2D eigenvalue weighted by Gasteiger charge is 2.74. The molecule has 3 amide bonds. The van der Waals surface area contributed by atoms with Crippen LogP contribution in [0, 0.1) is 11.8 Å². The number of para-hydroxylation sites is 1. The molecule has 6 atom stereocenters. The Morgan fingerprint density at radius 1 is 0.804 bits per heavy atom. The van der Waals surface area contributed by atoms with Gasteiger partial charge in [0.25, 0.3) is 5.91 Å². The lowest BCUT2D eigenvalue weighted by atomic mass is 9.74. The van der Waals surface area contributed by atoms with E-state index in [1.807, 2.05) is 110 Å². The van der Waals surface area contributed by atoms with Gasteiger partial charge in [-0.15, -0.1) is 11.8 Å². The Bertz CT molecular complexity index is 1700. The molecule has 1 unspecified atom stereocenters. The van der Waals surface area contributed by atoms with Gasteiger partial charge in [0.1, 0.15) is 11.8 Å². The molecule has 2 saturated heterocycles. The summed E-state index contributed by atoms with van der Waals surface area (Å²) in [5, 5.41) is 10.8. The number of fused-ring (bicyclic) bond motifs is 2. The SMILES string of the molecule is COc1ccc(N2CC=C[C@]34S[C@]5(C)C=CCN(c6ccccc6)C(=O)[C@@H]5[C@H]3C(=O)N([C@@H](CO)Cc3ccccc3)C4C2=O)cc1. The Labute approximate surface area is 273 Å². The van der Waals surface area contributed by atoms with Crippen molar-refractivity contribution in [1.29, 1.82) is 0 Å². The Morgan fingerprint density at radius 3 is 2.07 bits per heavy atom. The highest BCUT2D eigenvalue weighted by Crippen LogP contribution is 2.66. The van der Waals surface area contributed by atoms with Gasteiger partial charge in [-0.2, -0.15) is 0 Å². The maximum Gasteiger partial charge on any atom is 0.251 e. The van der Waals surface area contributed by atoms with Crippen molar-refractivity contribution >= 4 is 40.9 Å². The van der Waals surface area contributed by atoms with Crippen molar-refractivity contribution in [3.05, 3.63) is 115 Å². The molecular weight excluding hydrogens is 598 g/mol. The number of carbonyl (C=O) groups is 3.